The summed E-state index contributed by atoms with van der Waals surface area (Å²) in [4.78, 5) is 13.1. The van der Waals surface area contributed by atoms with E-state index in [1.165, 1.54) is 22.3 Å². The summed E-state index contributed by atoms with van der Waals surface area (Å²) in [5, 5.41) is 23.1. The SMILES string of the molecule is CCSc1nnc(NC(=O)/C(=C/c2ccco2)n2nnnc2-c2ccccc2)s1. The number of hydrogen-bond donors (Lipinski definition) is 1. The van der Waals surface area contributed by atoms with Crippen LogP contribution in [0.15, 0.2) is 57.5 Å². The third-order valence-electron chi connectivity index (χ3n) is 3.68. The second-order valence-electron chi connectivity index (χ2n) is 5.59. The van der Waals surface area contributed by atoms with Crippen LogP contribution >= 0.6 is 23.1 Å². The number of tetrazole rings is 1. The molecule has 0 radical (unpaired) electrons. The van der Waals surface area contributed by atoms with Crippen molar-refractivity contribution in [3.63, 3.8) is 0 Å². The molecule has 0 aliphatic heterocycles. The van der Waals surface area contributed by atoms with E-state index in [9.17, 15) is 4.79 Å². The first-order chi connectivity index (χ1) is 14.2. The molecule has 0 unspecified atom stereocenters. The minimum absolute atomic E-state index is 0.184. The molecular formula is C18H15N7O2S2. The molecule has 1 amide bonds. The summed E-state index contributed by atoms with van der Waals surface area (Å²) in [5.74, 6) is 1.36. The summed E-state index contributed by atoms with van der Waals surface area (Å²) in [6, 6.07) is 12.8. The van der Waals surface area contributed by atoms with Crippen molar-refractivity contribution in [2.24, 2.45) is 0 Å². The second kappa shape index (κ2) is 8.80. The van der Waals surface area contributed by atoms with Gasteiger partial charge < -0.3 is 4.42 Å². The number of thioether (sulfide) groups is 1. The van der Waals surface area contributed by atoms with Crippen molar-refractivity contribution in [3.05, 3.63) is 54.5 Å². The zero-order valence-corrected chi connectivity index (χ0v) is 16.9. The van der Waals surface area contributed by atoms with Gasteiger partial charge in [-0.05, 0) is 28.3 Å². The molecule has 0 aliphatic carbocycles. The third-order valence-corrected chi connectivity index (χ3v) is 5.53. The van der Waals surface area contributed by atoms with Gasteiger partial charge in [0, 0.05) is 11.6 Å². The average molecular weight is 425 g/mol. The van der Waals surface area contributed by atoms with Crippen LogP contribution < -0.4 is 5.32 Å². The Morgan fingerprint density at radius 2 is 2.07 bits per heavy atom. The highest BCUT2D eigenvalue weighted by Crippen LogP contribution is 2.26. The van der Waals surface area contributed by atoms with Gasteiger partial charge in [-0.1, -0.05) is 60.4 Å². The Labute approximate surface area is 173 Å². The summed E-state index contributed by atoms with van der Waals surface area (Å²) in [6.07, 6.45) is 3.10. The van der Waals surface area contributed by atoms with E-state index in [0.717, 1.165) is 15.7 Å². The van der Waals surface area contributed by atoms with Crippen molar-refractivity contribution >= 4 is 45.9 Å². The van der Waals surface area contributed by atoms with Crippen molar-refractivity contribution in [1.29, 1.82) is 0 Å². The first-order valence-electron chi connectivity index (χ1n) is 8.61. The van der Waals surface area contributed by atoms with E-state index in [2.05, 4.69) is 31.0 Å². The van der Waals surface area contributed by atoms with Gasteiger partial charge in [0.1, 0.15) is 11.5 Å². The van der Waals surface area contributed by atoms with Crippen LogP contribution in [0.4, 0.5) is 5.13 Å². The summed E-state index contributed by atoms with van der Waals surface area (Å²) in [6.45, 7) is 2.03. The molecule has 1 aromatic carbocycles. The number of aromatic nitrogens is 6. The van der Waals surface area contributed by atoms with E-state index in [-0.39, 0.29) is 5.70 Å². The van der Waals surface area contributed by atoms with Crippen molar-refractivity contribution in [2.45, 2.75) is 11.3 Å². The number of carbonyl (C=O) groups is 1. The molecule has 29 heavy (non-hydrogen) atoms. The van der Waals surface area contributed by atoms with Crippen LogP contribution in [-0.4, -0.2) is 42.1 Å². The normalized spacial score (nSPS) is 11.6. The van der Waals surface area contributed by atoms with Crippen LogP contribution in [0.2, 0.25) is 0 Å². The number of benzene rings is 1. The number of carbonyl (C=O) groups excluding carboxylic acids is 1. The van der Waals surface area contributed by atoms with Gasteiger partial charge in [0.05, 0.1) is 6.26 Å². The Morgan fingerprint density at radius 3 is 2.83 bits per heavy atom. The van der Waals surface area contributed by atoms with Crippen molar-refractivity contribution in [1.82, 2.24) is 30.4 Å². The molecule has 0 saturated carbocycles. The van der Waals surface area contributed by atoms with E-state index >= 15 is 0 Å². The monoisotopic (exact) mass is 425 g/mol. The van der Waals surface area contributed by atoms with Crippen molar-refractivity contribution < 1.29 is 9.21 Å². The summed E-state index contributed by atoms with van der Waals surface area (Å²) < 4.78 is 7.53. The molecule has 0 spiro atoms. The molecular weight excluding hydrogens is 410 g/mol. The number of rotatable bonds is 7. The smallest absolute Gasteiger partial charge is 0.276 e. The van der Waals surface area contributed by atoms with Gasteiger partial charge in [0.15, 0.2) is 10.2 Å². The van der Waals surface area contributed by atoms with Gasteiger partial charge in [-0.3, -0.25) is 10.1 Å². The Balaban J connectivity index is 1.70. The highest BCUT2D eigenvalue weighted by atomic mass is 32.2. The van der Waals surface area contributed by atoms with Crippen LogP contribution in [0, 0.1) is 0 Å². The van der Waals surface area contributed by atoms with Gasteiger partial charge >= 0.3 is 0 Å². The Hall–Kier alpha value is -3.31. The van der Waals surface area contributed by atoms with E-state index in [1.54, 1.807) is 30.0 Å². The van der Waals surface area contributed by atoms with Gasteiger partial charge in [0.25, 0.3) is 5.91 Å². The van der Waals surface area contributed by atoms with Crippen LogP contribution in [0.25, 0.3) is 23.2 Å². The van der Waals surface area contributed by atoms with Crippen molar-refractivity contribution in [2.75, 3.05) is 11.1 Å². The van der Waals surface area contributed by atoms with Gasteiger partial charge in [-0.15, -0.1) is 15.3 Å². The lowest BCUT2D eigenvalue weighted by atomic mass is 10.2. The molecule has 0 saturated heterocycles. The molecule has 3 aromatic heterocycles. The molecule has 4 rings (SSSR count). The fraction of sp³-hybridized carbons (Fsp3) is 0.111. The zero-order valence-electron chi connectivity index (χ0n) is 15.2. The van der Waals surface area contributed by atoms with Crippen molar-refractivity contribution in [3.8, 4) is 11.4 Å². The molecule has 3 heterocycles. The minimum Gasteiger partial charge on any atom is -0.465 e. The van der Waals surface area contributed by atoms with E-state index in [4.69, 9.17) is 4.42 Å². The molecule has 146 valence electrons. The first kappa shape index (κ1) is 19.0. The first-order valence-corrected chi connectivity index (χ1v) is 10.4. The lowest BCUT2D eigenvalue weighted by Gasteiger charge is -2.08. The van der Waals surface area contributed by atoms with Gasteiger partial charge in [0.2, 0.25) is 5.13 Å². The quantitative estimate of drug-likeness (QED) is 0.272. The minimum atomic E-state index is -0.435. The third kappa shape index (κ3) is 4.41. The standard InChI is InChI=1S/C18H15N7O2S2/c1-2-28-18-22-21-17(29-18)19-16(26)14(11-13-9-6-10-27-13)25-15(20-23-24-25)12-7-4-3-5-8-12/h3-11H,2H2,1H3,(H,19,21,26)/b14-11-. The number of furan rings is 1. The second-order valence-corrected chi connectivity index (χ2v) is 8.07. The maximum Gasteiger partial charge on any atom is 0.276 e. The molecule has 0 fully saturated rings. The fourth-order valence-corrected chi connectivity index (χ4v) is 4.09. The van der Waals surface area contributed by atoms with Crippen LogP contribution in [0.1, 0.15) is 12.7 Å². The fourth-order valence-electron chi connectivity index (χ4n) is 2.45. The van der Waals surface area contributed by atoms with Crippen LogP contribution in [-0.2, 0) is 4.79 Å². The molecule has 1 N–H and O–H groups in total. The summed E-state index contributed by atoms with van der Waals surface area (Å²) in [7, 11) is 0. The zero-order chi connectivity index (χ0) is 20.1. The number of hydrogen-bond acceptors (Lipinski definition) is 9. The predicted octanol–water partition coefficient (Wildman–Crippen LogP) is 3.53. The average Bonchev–Trinajstić information content (AvgIpc) is 3.49. The molecule has 0 bridgehead atoms. The van der Waals surface area contributed by atoms with E-state index < -0.39 is 5.91 Å². The largest absolute Gasteiger partial charge is 0.465 e. The molecule has 0 atom stereocenters. The van der Waals surface area contributed by atoms with E-state index in [0.29, 0.717) is 16.7 Å². The number of nitrogens with one attached hydrogen (secondary N) is 1. The Kier molecular flexibility index (Phi) is 5.77. The summed E-state index contributed by atoms with van der Waals surface area (Å²) >= 11 is 2.87. The molecule has 0 aliphatic rings. The number of nitrogens with zero attached hydrogens (tertiary/aromatic N) is 6. The molecule has 4 aromatic rings. The Morgan fingerprint density at radius 1 is 1.21 bits per heavy atom. The maximum absolute atomic E-state index is 13.1. The van der Waals surface area contributed by atoms with Gasteiger partial charge in [-0.25, -0.2) is 0 Å². The van der Waals surface area contributed by atoms with Gasteiger partial charge in [-0.2, -0.15) is 4.68 Å². The van der Waals surface area contributed by atoms with Crippen LogP contribution in [0.3, 0.4) is 0 Å². The molecule has 11 heteroatoms. The highest BCUT2D eigenvalue weighted by Gasteiger charge is 2.21. The maximum atomic E-state index is 13.1. The lowest BCUT2D eigenvalue weighted by molar-refractivity contribution is -0.111. The highest BCUT2D eigenvalue weighted by molar-refractivity contribution is 8.01. The number of anilines is 1. The molecule has 9 nitrogen and oxygen atoms in total. The Bertz CT molecular complexity index is 1120. The summed E-state index contributed by atoms with van der Waals surface area (Å²) in [5.41, 5.74) is 0.955. The number of amides is 1. The van der Waals surface area contributed by atoms with E-state index in [1.807, 2.05) is 37.3 Å². The van der Waals surface area contributed by atoms with Crippen LogP contribution in [0.5, 0.6) is 0 Å². The predicted molar refractivity (Wildman–Crippen MR) is 111 cm³/mol. The topological polar surface area (TPSA) is 112 Å². The lowest BCUT2D eigenvalue weighted by Crippen LogP contribution is -2.19.